The number of nitrogens with one attached hydrogen (secondary N) is 4. The van der Waals surface area contributed by atoms with Gasteiger partial charge in [0.2, 0.25) is 11.8 Å². The molecule has 1 aliphatic rings. The molecule has 6 atom stereocenters. The third-order valence-electron chi connectivity index (χ3n) is 7.59. The molecule has 16 heteroatoms. The Hall–Kier alpha value is -3.05. The summed E-state index contributed by atoms with van der Waals surface area (Å²) in [6.07, 6.45) is 2.01. The van der Waals surface area contributed by atoms with Crippen LogP contribution in [0.3, 0.4) is 0 Å². The Morgan fingerprint density at radius 2 is 1.70 bits per heavy atom. The number of hydrogen-bond acceptors (Lipinski definition) is 11. The Morgan fingerprint density at radius 1 is 1.02 bits per heavy atom. The van der Waals surface area contributed by atoms with Crippen LogP contribution in [0.15, 0.2) is 12.7 Å². The number of fused-ring (bicyclic) bond motifs is 1. The topological polar surface area (TPSA) is 215 Å². The van der Waals surface area contributed by atoms with E-state index >= 15 is 0 Å². The smallest absolute Gasteiger partial charge is 0.256 e. The number of aliphatic hydroxyl groups is 4. The van der Waals surface area contributed by atoms with E-state index < -0.39 is 80.4 Å². The first-order valence-electron chi connectivity index (χ1n) is 15.2. The number of unbranched alkanes of at least 4 members (excludes halogenated alkanes) is 8. The van der Waals surface area contributed by atoms with E-state index in [1.165, 1.54) is 31.9 Å². The van der Waals surface area contributed by atoms with Crippen LogP contribution >= 0.6 is 0 Å². The molecule has 0 spiro atoms. The van der Waals surface area contributed by atoms with Crippen LogP contribution in [0.2, 0.25) is 0 Å². The summed E-state index contributed by atoms with van der Waals surface area (Å²) in [7, 11) is 0. The van der Waals surface area contributed by atoms with E-state index in [-0.39, 0.29) is 5.82 Å². The van der Waals surface area contributed by atoms with E-state index in [0.717, 1.165) is 25.7 Å². The number of hydrogen-bond donors (Lipinski definition) is 8. The maximum Gasteiger partial charge on any atom is 0.256 e. The van der Waals surface area contributed by atoms with Gasteiger partial charge in [-0.25, -0.2) is 23.7 Å². The monoisotopic (exact) mass is 629 g/mol. The minimum atomic E-state index is -3.22. The summed E-state index contributed by atoms with van der Waals surface area (Å²) in [4.78, 5) is 39.6. The number of ether oxygens (including phenoxy) is 1. The summed E-state index contributed by atoms with van der Waals surface area (Å²) >= 11 is 0. The van der Waals surface area contributed by atoms with Crippen molar-refractivity contribution < 1.29 is 43.5 Å². The molecule has 0 bridgehead atoms. The Kier molecular flexibility index (Phi) is 14.0. The maximum atomic E-state index is 14.3. The SMILES string of the molecule is CCCCCCCCCCCC(F)(F)CC(=O)NCC(=O)N[C@@H]1[C@@H](O)[C@@H](O)[C@@H](Nc2ncnc3nc[nH]c23)O[C@H]1C(O)CO. The number of anilines is 1. The molecule has 2 aromatic rings. The van der Waals surface area contributed by atoms with Gasteiger partial charge in [0, 0.05) is 6.42 Å². The molecule has 3 rings (SSSR count). The second-order valence-corrected chi connectivity index (χ2v) is 11.2. The number of aliphatic hydroxyl groups excluding tert-OH is 4. The quantitative estimate of drug-likeness (QED) is 0.103. The van der Waals surface area contributed by atoms with Crippen LogP contribution in [0.25, 0.3) is 11.2 Å². The lowest BCUT2D eigenvalue weighted by atomic mass is 9.92. The van der Waals surface area contributed by atoms with Crippen molar-refractivity contribution in [3.63, 3.8) is 0 Å². The number of alkyl halides is 2. The summed E-state index contributed by atoms with van der Waals surface area (Å²) in [6, 6.07) is -1.43. The number of aromatic nitrogens is 4. The van der Waals surface area contributed by atoms with Gasteiger partial charge in [0.25, 0.3) is 5.92 Å². The molecule has 1 unspecified atom stereocenters. The second kappa shape index (κ2) is 17.4. The molecule has 44 heavy (non-hydrogen) atoms. The van der Waals surface area contributed by atoms with Crippen LogP contribution in [-0.4, -0.2) is 108 Å². The highest BCUT2D eigenvalue weighted by molar-refractivity contribution is 5.85. The molecule has 8 N–H and O–H groups in total. The second-order valence-electron chi connectivity index (χ2n) is 11.2. The van der Waals surface area contributed by atoms with Crippen molar-refractivity contribution in [2.24, 2.45) is 0 Å². The first kappa shape index (κ1) is 35.4. The maximum absolute atomic E-state index is 14.3. The molecule has 1 fully saturated rings. The molecule has 1 saturated heterocycles. The number of imidazole rings is 1. The lowest BCUT2D eigenvalue weighted by Crippen LogP contribution is -2.68. The number of carbonyl (C=O) groups excluding carboxylic acids is 2. The predicted octanol–water partition coefficient (Wildman–Crippen LogP) is 1.11. The summed E-state index contributed by atoms with van der Waals surface area (Å²) in [6.45, 7) is 0.640. The van der Waals surface area contributed by atoms with E-state index in [1.807, 2.05) is 0 Å². The molecule has 3 heterocycles. The third kappa shape index (κ3) is 10.5. The number of H-pyrrole nitrogens is 1. The van der Waals surface area contributed by atoms with E-state index in [9.17, 15) is 38.8 Å². The van der Waals surface area contributed by atoms with Gasteiger partial charge in [-0.2, -0.15) is 0 Å². The zero-order valence-electron chi connectivity index (χ0n) is 24.9. The van der Waals surface area contributed by atoms with Crippen LogP contribution in [0, 0.1) is 0 Å². The van der Waals surface area contributed by atoms with Crippen molar-refractivity contribution >= 4 is 28.8 Å². The number of nitrogens with zero attached hydrogens (tertiary/aromatic N) is 3. The fourth-order valence-corrected chi connectivity index (χ4v) is 5.15. The van der Waals surface area contributed by atoms with Crippen LogP contribution in [0.4, 0.5) is 14.6 Å². The zero-order valence-corrected chi connectivity index (χ0v) is 24.9. The number of rotatable bonds is 19. The van der Waals surface area contributed by atoms with Gasteiger partial charge in [-0.05, 0) is 6.42 Å². The van der Waals surface area contributed by atoms with Gasteiger partial charge in [-0.3, -0.25) is 9.59 Å². The molecular weight excluding hydrogens is 584 g/mol. The van der Waals surface area contributed by atoms with E-state index in [0.29, 0.717) is 24.0 Å². The average Bonchev–Trinajstić information content (AvgIpc) is 3.48. The summed E-state index contributed by atoms with van der Waals surface area (Å²) < 4.78 is 34.3. The lowest BCUT2D eigenvalue weighted by Gasteiger charge is -2.44. The predicted molar refractivity (Wildman–Crippen MR) is 155 cm³/mol. The van der Waals surface area contributed by atoms with Gasteiger partial charge in [0.1, 0.15) is 36.3 Å². The van der Waals surface area contributed by atoms with E-state index in [4.69, 9.17) is 4.74 Å². The summed E-state index contributed by atoms with van der Waals surface area (Å²) in [5.74, 6) is -4.96. The molecule has 0 saturated carbocycles. The molecule has 0 radical (unpaired) electrons. The Balaban J connectivity index is 1.46. The molecule has 14 nitrogen and oxygen atoms in total. The minimum Gasteiger partial charge on any atom is -0.394 e. The van der Waals surface area contributed by atoms with Crippen LogP contribution in [0.1, 0.15) is 77.6 Å². The van der Waals surface area contributed by atoms with Crippen molar-refractivity contribution in [1.82, 2.24) is 30.6 Å². The molecule has 0 aliphatic carbocycles. The van der Waals surface area contributed by atoms with Crippen LogP contribution < -0.4 is 16.0 Å². The zero-order chi connectivity index (χ0) is 32.1. The normalized spacial score (nSPS) is 22.9. The minimum absolute atomic E-state index is 0.167. The van der Waals surface area contributed by atoms with Crippen molar-refractivity contribution in [2.45, 2.75) is 120 Å². The summed E-state index contributed by atoms with van der Waals surface area (Å²) in [5, 5.41) is 48.7. The van der Waals surface area contributed by atoms with Gasteiger partial charge in [-0.15, -0.1) is 0 Å². The van der Waals surface area contributed by atoms with Crippen LogP contribution in [0.5, 0.6) is 0 Å². The molecule has 1 aliphatic heterocycles. The van der Waals surface area contributed by atoms with Gasteiger partial charge < -0.3 is 46.1 Å². The number of halogens is 2. The van der Waals surface area contributed by atoms with Crippen molar-refractivity contribution in [2.75, 3.05) is 18.5 Å². The highest BCUT2D eigenvalue weighted by Crippen LogP contribution is 2.27. The first-order valence-corrected chi connectivity index (χ1v) is 15.2. The highest BCUT2D eigenvalue weighted by atomic mass is 19.3. The fourth-order valence-electron chi connectivity index (χ4n) is 5.15. The Bertz CT molecular complexity index is 1170. The highest BCUT2D eigenvalue weighted by Gasteiger charge is 2.48. The van der Waals surface area contributed by atoms with Crippen molar-refractivity contribution in [3.8, 4) is 0 Å². The van der Waals surface area contributed by atoms with E-state index in [2.05, 4.69) is 42.8 Å². The van der Waals surface area contributed by atoms with Crippen LogP contribution in [-0.2, 0) is 14.3 Å². The van der Waals surface area contributed by atoms with Gasteiger partial charge >= 0.3 is 0 Å². The van der Waals surface area contributed by atoms with Gasteiger partial charge in [0.05, 0.1) is 31.9 Å². The summed E-state index contributed by atoms with van der Waals surface area (Å²) in [5.41, 5.74) is 0.690. The van der Waals surface area contributed by atoms with Gasteiger partial charge in [0.15, 0.2) is 17.7 Å². The number of carbonyl (C=O) groups is 2. The molecule has 248 valence electrons. The van der Waals surface area contributed by atoms with E-state index in [1.54, 1.807) is 0 Å². The van der Waals surface area contributed by atoms with Crippen molar-refractivity contribution in [3.05, 3.63) is 12.7 Å². The third-order valence-corrected chi connectivity index (χ3v) is 7.59. The number of amides is 2. The standard InChI is InChI=1S/C28H45F2N7O7/c1-2-3-4-5-6-7-8-9-10-11-28(29,30)12-18(40)31-13-19(41)36-20-22(42)23(43)27(44-24(20)17(39)14-38)37-26-21-25(33-15-32-21)34-16-35-26/h15-17,20,22-24,27,38-39,42-43H,2-14H2,1H3,(H,31,40)(H,36,41)(H2,32,33,34,35,37)/t17?,20-,22-,23-,24+,27+/m1/s1. The molecule has 2 amide bonds. The van der Waals surface area contributed by atoms with Gasteiger partial charge in [-0.1, -0.05) is 58.3 Å². The molecule has 2 aromatic heterocycles. The average molecular weight is 630 g/mol. The molecule has 0 aromatic carbocycles. The Morgan fingerprint density at radius 3 is 2.39 bits per heavy atom. The Labute approximate surface area is 254 Å². The fraction of sp³-hybridized carbons (Fsp3) is 0.750. The largest absolute Gasteiger partial charge is 0.394 e. The van der Waals surface area contributed by atoms with Crippen molar-refractivity contribution in [1.29, 1.82) is 0 Å². The first-order chi connectivity index (χ1) is 21.1. The number of aromatic amines is 1. The molecular formula is C28H45F2N7O7. The lowest BCUT2D eigenvalue weighted by molar-refractivity contribution is -0.204.